The van der Waals surface area contributed by atoms with Gasteiger partial charge in [-0.1, -0.05) is 129 Å². The summed E-state index contributed by atoms with van der Waals surface area (Å²) in [5.74, 6) is 0.750. The van der Waals surface area contributed by atoms with E-state index in [1.165, 1.54) is 24.8 Å². The first-order valence-electron chi connectivity index (χ1n) is 9.21. The van der Waals surface area contributed by atoms with Crippen molar-refractivity contribution in [1.29, 1.82) is 0 Å². The largest absolute Gasteiger partial charge is 0.173 e. The van der Waals surface area contributed by atoms with Crippen LogP contribution in [0, 0.1) is 11.3 Å². The maximum absolute atomic E-state index is 4.70. The van der Waals surface area contributed by atoms with E-state index in [9.17, 15) is 0 Å². The van der Waals surface area contributed by atoms with Crippen molar-refractivity contribution in [3.05, 3.63) is 67.8 Å². The molecule has 0 aromatic heterocycles. The number of hydrogen-bond donors (Lipinski definition) is 1. The summed E-state index contributed by atoms with van der Waals surface area (Å²) < 4.78 is 0.111. The van der Waals surface area contributed by atoms with Gasteiger partial charge in [0.05, 0.1) is 0 Å². The van der Waals surface area contributed by atoms with Gasteiger partial charge in [0.15, 0.2) is 0 Å². The SMILES string of the molecule is C=CC=C.C=Cc1ccccc1.CCCCC(C)C(C)(C)C(C)(C)S. The van der Waals surface area contributed by atoms with Gasteiger partial charge < -0.3 is 0 Å². The predicted molar refractivity (Wildman–Crippen MR) is 122 cm³/mol. The normalized spacial score (nSPS) is 11.8. The highest BCUT2D eigenvalue weighted by atomic mass is 32.1. The smallest absolute Gasteiger partial charge is 0.0127 e. The zero-order chi connectivity index (χ0) is 19.9. The van der Waals surface area contributed by atoms with Crippen LogP contribution < -0.4 is 0 Å². The Balaban J connectivity index is 0. The van der Waals surface area contributed by atoms with Crippen LogP contribution in [0.1, 0.15) is 66.4 Å². The molecular weight excluding hydrogens is 320 g/mol. The van der Waals surface area contributed by atoms with Crippen molar-refractivity contribution in [3.8, 4) is 0 Å². The van der Waals surface area contributed by atoms with Crippen LogP contribution in [0.2, 0.25) is 0 Å². The highest BCUT2D eigenvalue weighted by Crippen LogP contribution is 2.43. The van der Waals surface area contributed by atoms with Crippen molar-refractivity contribution in [2.45, 2.75) is 65.6 Å². The second-order valence-electron chi connectivity index (χ2n) is 7.41. The van der Waals surface area contributed by atoms with E-state index in [0.717, 1.165) is 5.92 Å². The van der Waals surface area contributed by atoms with Crippen LogP contribution in [0.4, 0.5) is 0 Å². The third kappa shape index (κ3) is 11.9. The van der Waals surface area contributed by atoms with Crippen LogP contribution in [0.15, 0.2) is 62.2 Å². The lowest BCUT2D eigenvalue weighted by Gasteiger charge is -2.43. The van der Waals surface area contributed by atoms with E-state index in [1.807, 2.05) is 36.4 Å². The van der Waals surface area contributed by atoms with Gasteiger partial charge in [-0.05, 0) is 16.9 Å². The Morgan fingerprint density at radius 3 is 1.76 bits per heavy atom. The van der Waals surface area contributed by atoms with Gasteiger partial charge in [-0.2, -0.15) is 12.6 Å². The standard InChI is InChI=1S/C12H26S.C8H8.C4H6/c1-7-8-9-10(2)11(3,4)12(5,6)13;1-2-8-6-4-3-5-7-8;1-3-4-2/h10,13H,7-9H2,1-6H3;2-7H,1H2;3-4H,1-2H2. The van der Waals surface area contributed by atoms with Crippen molar-refractivity contribution in [1.82, 2.24) is 0 Å². The fraction of sp³-hybridized carbons (Fsp3) is 0.500. The lowest BCUT2D eigenvalue weighted by atomic mass is 9.69. The monoisotopic (exact) mass is 360 g/mol. The van der Waals surface area contributed by atoms with Crippen LogP contribution in [0.25, 0.3) is 6.08 Å². The Labute approximate surface area is 163 Å². The Morgan fingerprint density at radius 1 is 1.00 bits per heavy atom. The summed E-state index contributed by atoms with van der Waals surface area (Å²) >= 11 is 4.70. The first-order valence-corrected chi connectivity index (χ1v) is 9.66. The number of benzene rings is 1. The van der Waals surface area contributed by atoms with Gasteiger partial charge in [0.2, 0.25) is 0 Å². The van der Waals surface area contributed by atoms with Gasteiger partial charge in [0, 0.05) is 4.75 Å². The van der Waals surface area contributed by atoms with E-state index >= 15 is 0 Å². The van der Waals surface area contributed by atoms with Crippen molar-refractivity contribution >= 4 is 18.7 Å². The molecule has 0 saturated heterocycles. The van der Waals surface area contributed by atoms with Crippen LogP contribution >= 0.6 is 12.6 Å². The fourth-order valence-corrected chi connectivity index (χ4v) is 2.28. The molecule has 0 spiro atoms. The molecule has 1 unspecified atom stereocenters. The topological polar surface area (TPSA) is 0 Å². The van der Waals surface area contributed by atoms with Crippen molar-refractivity contribution in [3.63, 3.8) is 0 Å². The molecule has 1 aromatic carbocycles. The van der Waals surface area contributed by atoms with Gasteiger partial charge >= 0.3 is 0 Å². The molecule has 1 atom stereocenters. The summed E-state index contributed by atoms with van der Waals surface area (Å²) in [7, 11) is 0. The number of allylic oxidation sites excluding steroid dienone is 2. The molecule has 0 saturated carbocycles. The average molecular weight is 361 g/mol. The first-order chi connectivity index (χ1) is 11.6. The second-order valence-corrected chi connectivity index (χ2v) is 8.53. The summed E-state index contributed by atoms with van der Waals surface area (Å²) in [4.78, 5) is 0. The van der Waals surface area contributed by atoms with Crippen LogP contribution in [0.3, 0.4) is 0 Å². The number of rotatable bonds is 7. The molecule has 142 valence electrons. The lowest BCUT2D eigenvalue weighted by Crippen LogP contribution is -2.39. The number of thiol groups is 1. The summed E-state index contributed by atoms with van der Waals surface area (Å²) in [5.41, 5.74) is 1.48. The van der Waals surface area contributed by atoms with Gasteiger partial charge in [0.25, 0.3) is 0 Å². The maximum Gasteiger partial charge on any atom is 0.0127 e. The molecule has 1 aromatic rings. The van der Waals surface area contributed by atoms with Gasteiger partial charge in [-0.15, -0.1) is 0 Å². The molecule has 0 amide bonds. The molecule has 0 aliphatic heterocycles. The van der Waals surface area contributed by atoms with E-state index in [-0.39, 0.29) is 4.75 Å². The number of unbranched alkanes of at least 4 members (excludes halogenated alkanes) is 1. The summed E-state index contributed by atoms with van der Waals surface area (Å²) in [6.45, 7) is 24.1. The number of hydrogen-bond acceptors (Lipinski definition) is 1. The molecule has 0 radical (unpaired) electrons. The third-order valence-corrected chi connectivity index (χ3v) is 5.58. The molecule has 25 heavy (non-hydrogen) atoms. The minimum Gasteiger partial charge on any atom is -0.173 e. The van der Waals surface area contributed by atoms with Crippen LogP contribution in [-0.4, -0.2) is 4.75 Å². The third-order valence-electron chi connectivity index (χ3n) is 5.00. The van der Waals surface area contributed by atoms with E-state index < -0.39 is 0 Å². The van der Waals surface area contributed by atoms with E-state index in [0.29, 0.717) is 5.41 Å². The minimum absolute atomic E-state index is 0.111. The Morgan fingerprint density at radius 2 is 1.48 bits per heavy atom. The Hall–Kier alpha value is -1.21. The van der Waals surface area contributed by atoms with Gasteiger partial charge in [-0.3, -0.25) is 0 Å². The molecule has 0 aliphatic carbocycles. The second kappa shape index (κ2) is 14.0. The molecule has 1 heteroatoms. The zero-order valence-corrected chi connectivity index (χ0v) is 18.3. The molecule has 0 fully saturated rings. The van der Waals surface area contributed by atoms with E-state index in [4.69, 9.17) is 12.6 Å². The van der Waals surface area contributed by atoms with Gasteiger partial charge in [0.1, 0.15) is 0 Å². The zero-order valence-electron chi connectivity index (χ0n) is 17.4. The molecule has 0 bridgehead atoms. The highest BCUT2D eigenvalue weighted by molar-refractivity contribution is 7.81. The average Bonchev–Trinajstić information content (AvgIpc) is 2.60. The van der Waals surface area contributed by atoms with E-state index in [1.54, 1.807) is 12.2 Å². The molecule has 0 N–H and O–H groups in total. The van der Waals surface area contributed by atoms with Crippen LogP contribution in [-0.2, 0) is 0 Å². The van der Waals surface area contributed by atoms with Crippen molar-refractivity contribution in [2.24, 2.45) is 11.3 Å². The summed E-state index contributed by atoms with van der Waals surface area (Å²) in [5, 5.41) is 0. The maximum atomic E-state index is 4.70. The summed E-state index contributed by atoms with van der Waals surface area (Å²) in [6.07, 6.45) is 9.08. The quantitative estimate of drug-likeness (QED) is 0.367. The van der Waals surface area contributed by atoms with Gasteiger partial charge in [-0.25, -0.2) is 0 Å². The molecular formula is C24H40S. The molecule has 0 aliphatic rings. The molecule has 0 heterocycles. The van der Waals surface area contributed by atoms with Crippen molar-refractivity contribution < 1.29 is 0 Å². The Kier molecular flexibility index (Phi) is 14.6. The predicted octanol–water partition coefficient (Wildman–Crippen LogP) is 8.24. The molecule has 1 rings (SSSR count). The minimum atomic E-state index is 0.111. The first kappa shape index (κ1) is 26.0. The summed E-state index contributed by atoms with van der Waals surface area (Å²) in [6, 6.07) is 10.0. The lowest BCUT2D eigenvalue weighted by molar-refractivity contribution is 0.165. The van der Waals surface area contributed by atoms with E-state index in [2.05, 4.69) is 61.3 Å². The molecule has 0 nitrogen and oxygen atoms in total. The fourth-order valence-electron chi connectivity index (χ4n) is 2.06. The Bertz CT molecular complexity index is 457. The van der Waals surface area contributed by atoms with Crippen molar-refractivity contribution in [2.75, 3.05) is 0 Å². The van der Waals surface area contributed by atoms with Crippen LogP contribution in [0.5, 0.6) is 0 Å². The highest BCUT2D eigenvalue weighted by Gasteiger charge is 2.37.